The fraction of sp³-hybridized carbons (Fsp3) is 0.471. The zero-order chi connectivity index (χ0) is 15.9. The lowest BCUT2D eigenvalue weighted by molar-refractivity contribution is 0.271. The minimum atomic E-state index is -0.00814. The molecule has 0 amide bonds. The molecule has 0 unspecified atom stereocenters. The van der Waals surface area contributed by atoms with Crippen molar-refractivity contribution < 1.29 is 9.84 Å². The molecule has 0 fully saturated rings. The fourth-order valence-electron chi connectivity index (χ4n) is 2.77. The van der Waals surface area contributed by atoms with E-state index in [1.54, 1.807) is 18.9 Å². The molecule has 5 heteroatoms. The van der Waals surface area contributed by atoms with Crippen LogP contribution in [0.2, 0.25) is 0 Å². The maximum Gasteiger partial charge on any atom is 0.168 e. The second-order valence-electron chi connectivity index (χ2n) is 6.51. The topological polar surface area (TPSA) is 47.3 Å². The largest absolute Gasteiger partial charge is 0.496 e. The maximum atomic E-state index is 9.81. The van der Waals surface area contributed by atoms with E-state index >= 15 is 0 Å². The number of aliphatic hydroxyl groups excluding tert-OH is 1. The van der Waals surface area contributed by atoms with Gasteiger partial charge in [-0.2, -0.15) is 0 Å². The summed E-state index contributed by atoms with van der Waals surface area (Å²) in [6, 6.07) is 6.23. The highest BCUT2D eigenvalue weighted by molar-refractivity contribution is 7.99. The van der Waals surface area contributed by atoms with E-state index in [-0.39, 0.29) is 12.0 Å². The van der Waals surface area contributed by atoms with Crippen molar-refractivity contribution in [2.45, 2.75) is 44.5 Å². The molecule has 0 aliphatic carbocycles. The highest BCUT2D eigenvalue weighted by Crippen LogP contribution is 2.39. The van der Waals surface area contributed by atoms with Crippen LogP contribution in [-0.4, -0.2) is 27.5 Å². The number of nitrogens with zero attached hydrogens (tertiary/aromatic N) is 2. The molecule has 118 valence electrons. The first-order valence-electron chi connectivity index (χ1n) is 7.47. The number of rotatable bonds is 3. The van der Waals surface area contributed by atoms with Gasteiger partial charge in [0.15, 0.2) is 5.16 Å². The average Bonchev–Trinajstić information content (AvgIpc) is 3.05. The smallest absolute Gasteiger partial charge is 0.168 e. The summed E-state index contributed by atoms with van der Waals surface area (Å²) >= 11 is 1.74. The third kappa shape index (κ3) is 2.52. The summed E-state index contributed by atoms with van der Waals surface area (Å²) in [4.78, 5) is 4.75. The van der Waals surface area contributed by atoms with Crippen molar-refractivity contribution in [3.8, 4) is 17.0 Å². The number of hydrogen-bond acceptors (Lipinski definition) is 4. The summed E-state index contributed by atoms with van der Waals surface area (Å²) in [5.41, 5.74) is 3.96. The number of ether oxygens (including phenoxy) is 1. The van der Waals surface area contributed by atoms with Crippen LogP contribution in [0.1, 0.15) is 32.0 Å². The third-order valence-corrected chi connectivity index (χ3v) is 5.01. The number of benzene rings is 1. The molecule has 0 atom stereocenters. The molecule has 0 radical (unpaired) electrons. The molecule has 0 spiro atoms. The minimum Gasteiger partial charge on any atom is -0.496 e. The van der Waals surface area contributed by atoms with Crippen molar-refractivity contribution in [3.63, 3.8) is 0 Å². The number of aliphatic hydroxyl groups is 1. The Labute approximate surface area is 135 Å². The first-order chi connectivity index (χ1) is 10.5. The van der Waals surface area contributed by atoms with Gasteiger partial charge in [-0.25, -0.2) is 4.98 Å². The van der Waals surface area contributed by atoms with Crippen molar-refractivity contribution in [1.29, 1.82) is 0 Å². The van der Waals surface area contributed by atoms with E-state index in [0.29, 0.717) is 0 Å². The standard InChI is InChI=1S/C17H22N2O2S/c1-17(2,3)11-5-6-14(21-4)12(9-11)15-13(10-20)19-7-8-22-16(19)18-15/h5-6,9,20H,7-8,10H2,1-4H3. The van der Waals surface area contributed by atoms with Gasteiger partial charge in [-0.3, -0.25) is 0 Å². The predicted octanol–water partition coefficient (Wildman–Crippen LogP) is 3.45. The van der Waals surface area contributed by atoms with Crippen LogP contribution in [0.5, 0.6) is 5.75 Å². The third-order valence-electron chi connectivity index (χ3n) is 4.05. The normalized spacial score (nSPS) is 14.2. The first-order valence-corrected chi connectivity index (χ1v) is 8.46. The Kier molecular flexibility index (Phi) is 3.95. The van der Waals surface area contributed by atoms with E-state index in [0.717, 1.165) is 40.2 Å². The van der Waals surface area contributed by atoms with Crippen LogP contribution in [0.3, 0.4) is 0 Å². The van der Waals surface area contributed by atoms with Crippen LogP contribution in [-0.2, 0) is 18.6 Å². The number of aromatic nitrogens is 2. The van der Waals surface area contributed by atoms with E-state index in [9.17, 15) is 5.11 Å². The van der Waals surface area contributed by atoms with E-state index in [4.69, 9.17) is 9.72 Å². The fourth-order valence-corrected chi connectivity index (χ4v) is 3.74. The lowest BCUT2D eigenvalue weighted by atomic mass is 9.85. The number of methoxy groups -OCH3 is 1. The Hall–Kier alpha value is -1.46. The number of thioether (sulfide) groups is 1. The summed E-state index contributed by atoms with van der Waals surface area (Å²) in [7, 11) is 1.67. The molecule has 1 aliphatic heterocycles. The van der Waals surface area contributed by atoms with Crippen LogP contribution in [0.15, 0.2) is 23.4 Å². The van der Waals surface area contributed by atoms with Crippen molar-refractivity contribution in [1.82, 2.24) is 9.55 Å². The average molecular weight is 318 g/mol. The lowest BCUT2D eigenvalue weighted by Gasteiger charge is -2.21. The lowest BCUT2D eigenvalue weighted by Crippen LogP contribution is -2.11. The molecule has 4 nitrogen and oxygen atoms in total. The van der Waals surface area contributed by atoms with Crippen LogP contribution < -0.4 is 4.74 Å². The van der Waals surface area contributed by atoms with Gasteiger partial charge >= 0.3 is 0 Å². The summed E-state index contributed by atoms with van der Waals surface area (Å²) < 4.78 is 7.64. The van der Waals surface area contributed by atoms with Crippen LogP contribution in [0.25, 0.3) is 11.3 Å². The van der Waals surface area contributed by atoms with Gasteiger partial charge in [0.25, 0.3) is 0 Å². The zero-order valence-corrected chi connectivity index (χ0v) is 14.3. The summed E-state index contributed by atoms with van der Waals surface area (Å²) in [6.45, 7) is 7.47. The zero-order valence-electron chi connectivity index (χ0n) is 13.5. The molecule has 0 saturated heterocycles. The van der Waals surface area contributed by atoms with Gasteiger partial charge in [0, 0.05) is 17.9 Å². The first kappa shape index (κ1) is 15.4. The molecule has 2 aromatic rings. The highest BCUT2D eigenvalue weighted by Gasteiger charge is 2.25. The number of imidazole rings is 1. The van der Waals surface area contributed by atoms with Crippen molar-refractivity contribution in [2.24, 2.45) is 0 Å². The van der Waals surface area contributed by atoms with E-state index in [1.807, 2.05) is 6.07 Å². The molecular weight excluding hydrogens is 296 g/mol. The number of hydrogen-bond donors (Lipinski definition) is 1. The summed E-state index contributed by atoms with van der Waals surface area (Å²) in [5, 5.41) is 10.8. The second-order valence-corrected chi connectivity index (χ2v) is 7.58. The second kappa shape index (κ2) is 5.63. The maximum absolute atomic E-state index is 9.81. The Morgan fingerprint density at radius 3 is 2.77 bits per heavy atom. The van der Waals surface area contributed by atoms with Crippen molar-refractivity contribution >= 4 is 11.8 Å². The predicted molar refractivity (Wildman–Crippen MR) is 89.6 cm³/mol. The molecule has 0 bridgehead atoms. The molecule has 0 saturated carbocycles. The quantitative estimate of drug-likeness (QED) is 0.941. The van der Waals surface area contributed by atoms with Gasteiger partial charge in [0.1, 0.15) is 5.75 Å². The summed E-state index contributed by atoms with van der Waals surface area (Å²) in [5.74, 6) is 1.82. The van der Waals surface area contributed by atoms with Gasteiger partial charge in [-0.15, -0.1) is 0 Å². The molecular formula is C17H22N2O2S. The van der Waals surface area contributed by atoms with Crippen molar-refractivity contribution in [2.75, 3.05) is 12.9 Å². The number of fused-ring (bicyclic) bond motifs is 1. The molecule has 22 heavy (non-hydrogen) atoms. The monoisotopic (exact) mass is 318 g/mol. The van der Waals surface area contributed by atoms with Crippen molar-refractivity contribution in [3.05, 3.63) is 29.5 Å². The minimum absolute atomic E-state index is 0.00814. The van der Waals surface area contributed by atoms with Gasteiger partial charge < -0.3 is 14.4 Å². The molecule has 1 aliphatic rings. The molecule has 1 N–H and O–H groups in total. The van der Waals surface area contributed by atoms with E-state index < -0.39 is 0 Å². The molecule has 3 rings (SSSR count). The Bertz CT molecular complexity index is 701. The van der Waals surface area contributed by atoms with E-state index in [1.165, 1.54) is 5.56 Å². The highest BCUT2D eigenvalue weighted by atomic mass is 32.2. The Morgan fingerprint density at radius 2 is 2.14 bits per heavy atom. The van der Waals surface area contributed by atoms with Crippen LogP contribution >= 0.6 is 11.8 Å². The SMILES string of the molecule is COc1ccc(C(C)(C)C)cc1-c1nc2n(c1CO)CCS2. The molecule has 2 heterocycles. The van der Waals surface area contributed by atoms with Crippen LogP contribution in [0, 0.1) is 0 Å². The summed E-state index contributed by atoms with van der Waals surface area (Å²) in [6.07, 6.45) is 0. The Balaban J connectivity index is 2.19. The van der Waals surface area contributed by atoms with Crippen LogP contribution in [0.4, 0.5) is 0 Å². The van der Waals surface area contributed by atoms with Gasteiger partial charge in [0.2, 0.25) is 0 Å². The van der Waals surface area contributed by atoms with Gasteiger partial charge in [-0.05, 0) is 23.1 Å². The molecule has 1 aromatic heterocycles. The molecule has 1 aromatic carbocycles. The van der Waals surface area contributed by atoms with Gasteiger partial charge in [0.05, 0.1) is 25.1 Å². The van der Waals surface area contributed by atoms with E-state index in [2.05, 4.69) is 37.5 Å². The Morgan fingerprint density at radius 1 is 1.36 bits per heavy atom. The van der Waals surface area contributed by atoms with Gasteiger partial charge in [-0.1, -0.05) is 38.6 Å².